The molecule has 0 radical (unpaired) electrons. The molecule has 0 unspecified atom stereocenters. The largest absolute Gasteiger partial charge is 0.441 e. The maximum Gasteiger partial charge on any atom is 0.336 e. The van der Waals surface area contributed by atoms with Crippen LogP contribution >= 0.6 is 0 Å². The number of hydrogen-bond acceptors (Lipinski definition) is 1. The van der Waals surface area contributed by atoms with Crippen molar-refractivity contribution in [3.8, 4) is 0 Å². The number of rotatable bonds is 6. The molecule has 15 heavy (non-hydrogen) atoms. The Morgan fingerprint density at radius 1 is 1.33 bits per heavy atom. The van der Waals surface area contributed by atoms with E-state index in [-0.39, 0.29) is 0 Å². The Kier molecular flexibility index (Phi) is 5.13. The molecule has 1 heterocycles. The summed E-state index contributed by atoms with van der Waals surface area (Å²) in [6.07, 6.45) is 4.96. The third kappa shape index (κ3) is 3.22. The van der Waals surface area contributed by atoms with Crippen molar-refractivity contribution >= 4 is 5.90 Å². The summed E-state index contributed by atoms with van der Waals surface area (Å²) in [4.78, 5) is 0. The van der Waals surface area contributed by atoms with Gasteiger partial charge in [-0.1, -0.05) is 34.1 Å². The fourth-order valence-electron chi connectivity index (χ4n) is 2.22. The number of hydrogen-bond donors (Lipinski definition) is 0. The number of ether oxygens (including phenoxy) is 1. The van der Waals surface area contributed by atoms with Crippen LogP contribution in [0.5, 0.6) is 0 Å². The van der Waals surface area contributed by atoms with Gasteiger partial charge in [0.1, 0.15) is 6.54 Å². The van der Waals surface area contributed by atoms with E-state index in [1.54, 1.807) is 0 Å². The van der Waals surface area contributed by atoms with E-state index in [0.29, 0.717) is 12.0 Å². The molecule has 0 aromatic rings. The molecule has 1 aliphatic heterocycles. The summed E-state index contributed by atoms with van der Waals surface area (Å²) in [6, 6.07) is 0.608. The van der Waals surface area contributed by atoms with Gasteiger partial charge in [-0.15, -0.1) is 0 Å². The monoisotopic (exact) mass is 212 g/mol. The molecule has 0 amide bonds. The Bertz CT molecular complexity index is 221. The highest BCUT2D eigenvalue weighted by Crippen LogP contribution is 2.16. The molecule has 0 aliphatic carbocycles. The average molecular weight is 212 g/mol. The summed E-state index contributed by atoms with van der Waals surface area (Å²) >= 11 is 0. The minimum atomic E-state index is 0.608. The first kappa shape index (κ1) is 12.5. The van der Waals surface area contributed by atoms with E-state index < -0.39 is 0 Å². The van der Waals surface area contributed by atoms with Gasteiger partial charge in [0.25, 0.3) is 0 Å². The second-order valence-electron chi connectivity index (χ2n) is 4.77. The molecule has 0 N–H and O–H groups in total. The SMILES string of the molecule is CCCCC[N+]1=C(CC)OC[C@@H]1C(C)C. The fraction of sp³-hybridized carbons (Fsp3) is 0.923. The van der Waals surface area contributed by atoms with E-state index in [4.69, 9.17) is 4.74 Å². The summed E-state index contributed by atoms with van der Waals surface area (Å²) in [5, 5.41) is 0. The van der Waals surface area contributed by atoms with E-state index in [1.807, 2.05) is 0 Å². The van der Waals surface area contributed by atoms with Gasteiger partial charge in [-0.25, -0.2) is 0 Å². The first-order valence-corrected chi connectivity index (χ1v) is 6.45. The van der Waals surface area contributed by atoms with E-state index in [0.717, 1.165) is 13.0 Å². The van der Waals surface area contributed by atoms with Crippen LogP contribution in [0.1, 0.15) is 53.4 Å². The molecule has 1 atom stereocenters. The van der Waals surface area contributed by atoms with Gasteiger partial charge in [-0.05, 0) is 6.42 Å². The zero-order valence-electron chi connectivity index (χ0n) is 10.8. The van der Waals surface area contributed by atoms with Crippen LogP contribution in [0, 0.1) is 5.92 Å². The van der Waals surface area contributed by atoms with Crippen molar-refractivity contribution < 1.29 is 9.31 Å². The number of nitrogens with zero attached hydrogens (tertiary/aromatic N) is 1. The maximum absolute atomic E-state index is 5.76. The summed E-state index contributed by atoms with van der Waals surface area (Å²) in [5.41, 5.74) is 0. The van der Waals surface area contributed by atoms with E-state index in [1.165, 1.54) is 31.7 Å². The summed E-state index contributed by atoms with van der Waals surface area (Å²) in [6.45, 7) is 11.1. The zero-order chi connectivity index (χ0) is 11.3. The molecule has 0 spiro atoms. The molecular formula is C13H26NO+. The maximum atomic E-state index is 5.76. The van der Waals surface area contributed by atoms with E-state index >= 15 is 0 Å². The molecular weight excluding hydrogens is 186 g/mol. The lowest BCUT2D eigenvalue weighted by molar-refractivity contribution is -0.564. The molecule has 88 valence electrons. The van der Waals surface area contributed by atoms with E-state index in [9.17, 15) is 0 Å². The molecule has 2 heteroatoms. The summed E-state index contributed by atoms with van der Waals surface area (Å²) in [7, 11) is 0. The van der Waals surface area contributed by atoms with Crippen LogP contribution in [0.25, 0.3) is 0 Å². The predicted octanol–water partition coefficient (Wildman–Crippen LogP) is 3.05. The highest BCUT2D eigenvalue weighted by atomic mass is 16.5. The standard InChI is InChI=1S/C13H26NO/c1-5-7-8-9-14-12(11(3)4)10-15-13(14)6-2/h11-12H,5-10H2,1-4H3/q+1/t12-/m1/s1. The van der Waals surface area contributed by atoms with Crippen molar-refractivity contribution in [2.24, 2.45) is 5.92 Å². The van der Waals surface area contributed by atoms with Crippen molar-refractivity contribution in [3.63, 3.8) is 0 Å². The Morgan fingerprint density at radius 3 is 2.60 bits per heavy atom. The summed E-state index contributed by atoms with van der Waals surface area (Å²) in [5.74, 6) is 1.90. The highest BCUT2D eigenvalue weighted by molar-refractivity contribution is 5.71. The Balaban J connectivity index is 2.58. The molecule has 0 aromatic heterocycles. The van der Waals surface area contributed by atoms with Crippen molar-refractivity contribution in [3.05, 3.63) is 0 Å². The van der Waals surface area contributed by atoms with Crippen molar-refractivity contribution in [1.29, 1.82) is 0 Å². The highest BCUT2D eigenvalue weighted by Gasteiger charge is 2.35. The van der Waals surface area contributed by atoms with Gasteiger partial charge < -0.3 is 4.74 Å². The van der Waals surface area contributed by atoms with Crippen LogP contribution in [-0.4, -0.2) is 29.7 Å². The molecule has 0 saturated heterocycles. The molecule has 2 nitrogen and oxygen atoms in total. The van der Waals surface area contributed by atoms with Gasteiger partial charge in [-0.3, -0.25) is 0 Å². The minimum Gasteiger partial charge on any atom is -0.441 e. The Labute approximate surface area is 94.3 Å². The lowest BCUT2D eigenvalue weighted by atomic mass is 10.0. The molecule has 0 fully saturated rings. The van der Waals surface area contributed by atoms with Crippen LogP contribution in [0.3, 0.4) is 0 Å². The topological polar surface area (TPSA) is 12.2 Å². The van der Waals surface area contributed by atoms with Crippen molar-refractivity contribution in [2.45, 2.75) is 59.4 Å². The smallest absolute Gasteiger partial charge is 0.336 e. The third-order valence-electron chi connectivity index (χ3n) is 3.22. The van der Waals surface area contributed by atoms with Gasteiger partial charge in [0.15, 0.2) is 12.6 Å². The average Bonchev–Trinajstić information content (AvgIpc) is 2.61. The van der Waals surface area contributed by atoms with Crippen molar-refractivity contribution in [2.75, 3.05) is 13.2 Å². The van der Waals surface area contributed by atoms with Crippen LogP contribution < -0.4 is 0 Å². The van der Waals surface area contributed by atoms with Crippen LogP contribution in [0.2, 0.25) is 0 Å². The van der Waals surface area contributed by atoms with Crippen LogP contribution in [-0.2, 0) is 4.74 Å². The molecule has 1 rings (SSSR count). The Hall–Kier alpha value is -0.530. The van der Waals surface area contributed by atoms with Crippen LogP contribution in [0.4, 0.5) is 0 Å². The molecule has 0 bridgehead atoms. The molecule has 1 aliphatic rings. The second-order valence-corrected chi connectivity index (χ2v) is 4.77. The lowest BCUT2D eigenvalue weighted by Crippen LogP contribution is -2.31. The normalized spacial score (nSPS) is 21.3. The van der Waals surface area contributed by atoms with Crippen molar-refractivity contribution in [1.82, 2.24) is 0 Å². The molecule has 0 aromatic carbocycles. The van der Waals surface area contributed by atoms with Crippen LogP contribution in [0.15, 0.2) is 0 Å². The molecule has 0 saturated carbocycles. The Morgan fingerprint density at radius 2 is 2.07 bits per heavy atom. The second kappa shape index (κ2) is 6.14. The number of unbranched alkanes of at least 4 members (excludes halogenated alkanes) is 2. The summed E-state index contributed by atoms with van der Waals surface area (Å²) < 4.78 is 8.26. The van der Waals surface area contributed by atoms with Gasteiger partial charge in [0.2, 0.25) is 0 Å². The first-order chi connectivity index (χ1) is 7.20. The first-order valence-electron chi connectivity index (χ1n) is 6.45. The van der Waals surface area contributed by atoms with E-state index in [2.05, 4.69) is 32.3 Å². The zero-order valence-corrected chi connectivity index (χ0v) is 10.8. The minimum absolute atomic E-state index is 0.608. The lowest BCUT2D eigenvalue weighted by Gasteiger charge is -2.11. The quantitative estimate of drug-likeness (QED) is 0.487. The van der Waals surface area contributed by atoms with Gasteiger partial charge in [-0.2, -0.15) is 4.58 Å². The fourth-order valence-corrected chi connectivity index (χ4v) is 2.22. The third-order valence-corrected chi connectivity index (χ3v) is 3.22. The van der Waals surface area contributed by atoms with Gasteiger partial charge >= 0.3 is 5.90 Å². The van der Waals surface area contributed by atoms with Gasteiger partial charge in [0, 0.05) is 12.3 Å². The van der Waals surface area contributed by atoms with Gasteiger partial charge in [0.05, 0.1) is 6.42 Å². The predicted molar refractivity (Wildman–Crippen MR) is 64.5 cm³/mol.